The van der Waals surface area contributed by atoms with Gasteiger partial charge in [-0.05, 0) is 18.2 Å². The second-order valence-electron chi connectivity index (χ2n) is 3.70. The maximum Gasteiger partial charge on any atom is 0.240 e. The normalized spacial score (nSPS) is 11.7. The molecule has 0 bridgehead atoms. The van der Waals surface area contributed by atoms with E-state index in [-0.39, 0.29) is 17.0 Å². The number of hydrogen-bond acceptors (Lipinski definition) is 5. The van der Waals surface area contributed by atoms with Crippen LogP contribution in [0.2, 0.25) is 0 Å². The van der Waals surface area contributed by atoms with Crippen LogP contribution in [0.4, 0.5) is 4.39 Å². The van der Waals surface area contributed by atoms with Gasteiger partial charge >= 0.3 is 0 Å². The summed E-state index contributed by atoms with van der Waals surface area (Å²) < 4.78 is 39.5. The molecule has 1 aromatic carbocycles. The highest BCUT2D eigenvalue weighted by Gasteiger charge is 2.16. The molecule has 0 saturated carbocycles. The zero-order valence-electron chi connectivity index (χ0n) is 9.71. The van der Waals surface area contributed by atoms with E-state index in [1.807, 2.05) is 0 Å². The summed E-state index contributed by atoms with van der Waals surface area (Å²) in [7, 11) is -3.73. The topological polar surface area (TPSA) is 79.3 Å². The van der Waals surface area contributed by atoms with Crippen molar-refractivity contribution in [2.24, 2.45) is 0 Å². The Labute approximate surface area is 113 Å². The molecule has 0 aliphatic heterocycles. The molecular weight excluding hydrogens is 291 g/mol. The first-order valence-electron chi connectivity index (χ1n) is 5.29. The highest BCUT2D eigenvalue weighted by molar-refractivity contribution is 7.89. The average molecular weight is 302 g/mol. The lowest BCUT2D eigenvalue weighted by Gasteiger charge is -2.07. The van der Waals surface area contributed by atoms with Gasteiger partial charge in [0.05, 0.1) is 17.0 Å². The summed E-state index contributed by atoms with van der Waals surface area (Å²) in [4.78, 5) is 4.53. The van der Waals surface area contributed by atoms with Gasteiger partial charge in [-0.2, -0.15) is 0 Å². The second-order valence-corrected chi connectivity index (χ2v) is 6.44. The number of nitrogens with zero attached hydrogens (tertiary/aromatic N) is 1. The summed E-state index contributed by atoms with van der Waals surface area (Å²) in [6, 6.07) is 3.29. The number of rotatable bonds is 5. The van der Waals surface area contributed by atoms with E-state index in [2.05, 4.69) is 9.71 Å². The summed E-state index contributed by atoms with van der Waals surface area (Å²) in [5.41, 5.74) is 1.55. The van der Waals surface area contributed by atoms with Crippen LogP contribution < -0.4 is 4.72 Å². The van der Waals surface area contributed by atoms with Gasteiger partial charge in [-0.15, -0.1) is 11.3 Å². The van der Waals surface area contributed by atoms with Gasteiger partial charge in [0.25, 0.3) is 0 Å². The molecular formula is C11H11FN2O3S2. The monoisotopic (exact) mass is 302 g/mol. The smallest absolute Gasteiger partial charge is 0.240 e. The van der Waals surface area contributed by atoms with Crippen molar-refractivity contribution in [3.05, 3.63) is 46.2 Å². The van der Waals surface area contributed by atoms with Crippen molar-refractivity contribution in [3.8, 4) is 0 Å². The first-order valence-corrected chi connectivity index (χ1v) is 7.65. The molecule has 2 N–H and O–H groups in total. The lowest BCUT2D eigenvalue weighted by molar-refractivity contribution is 0.275. The molecule has 0 aliphatic rings. The number of halogens is 1. The van der Waals surface area contributed by atoms with Crippen LogP contribution in [-0.2, 0) is 23.2 Å². The van der Waals surface area contributed by atoms with Gasteiger partial charge in [0.1, 0.15) is 5.82 Å². The number of hydrogen-bond donors (Lipinski definition) is 2. The van der Waals surface area contributed by atoms with Crippen LogP contribution >= 0.6 is 11.3 Å². The van der Waals surface area contributed by atoms with E-state index in [0.29, 0.717) is 0 Å². The molecule has 0 aliphatic carbocycles. The Balaban J connectivity index is 2.19. The van der Waals surface area contributed by atoms with Gasteiger partial charge < -0.3 is 5.11 Å². The second kappa shape index (κ2) is 5.74. The van der Waals surface area contributed by atoms with E-state index < -0.39 is 22.4 Å². The van der Waals surface area contributed by atoms with E-state index in [1.54, 1.807) is 11.7 Å². The highest BCUT2D eigenvalue weighted by atomic mass is 32.2. The maximum atomic E-state index is 13.2. The summed E-state index contributed by atoms with van der Waals surface area (Å²) in [5, 5.41) is 8.93. The number of nitrogens with one attached hydrogen (secondary N) is 1. The van der Waals surface area contributed by atoms with E-state index in [9.17, 15) is 12.8 Å². The van der Waals surface area contributed by atoms with Crippen LogP contribution in [0, 0.1) is 5.82 Å². The molecule has 8 heteroatoms. The summed E-state index contributed by atoms with van der Waals surface area (Å²) in [5.74, 6) is -0.635. The Morgan fingerprint density at radius 3 is 2.84 bits per heavy atom. The standard InChI is InChI=1S/C11H11FN2O3S2/c12-11-2-1-10(3-8(11)6-15)19(16,17)14-5-9-4-13-7-18-9/h1-4,7,14-15H,5-6H2. The van der Waals surface area contributed by atoms with E-state index >= 15 is 0 Å². The first-order chi connectivity index (χ1) is 9.03. The van der Waals surface area contributed by atoms with Crippen LogP contribution in [0.5, 0.6) is 0 Å². The minimum absolute atomic E-state index is 0.0549. The average Bonchev–Trinajstić information content (AvgIpc) is 2.90. The summed E-state index contributed by atoms with van der Waals surface area (Å²) in [6.07, 6.45) is 1.57. The fourth-order valence-electron chi connectivity index (χ4n) is 1.42. The molecule has 1 aromatic heterocycles. The van der Waals surface area contributed by atoms with E-state index in [0.717, 1.165) is 23.1 Å². The lowest BCUT2D eigenvalue weighted by Crippen LogP contribution is -2.23. The number of thiazole rings is 1. The van der Waals surface area contributed by atoms with Gasteiger partial charge in [0.2, 0.25) is 10.0 Å². The first kappa shape index (κ1) is 14.1. The minimum atomic E-state index is -3.73. The largest absolute Gasteiger partial charge is 0.392 e. The van der Waals surface area contributed by atoms with Crippen LogP contribution in [-0.4, -0.2) is 18.5 Å². The van der Waals surface area contributed by atoms with Gasteiger partial charge in [-0.25, -0.2) is 17.5 Å². The Morgan fingerprint density at radius 1 is 1.42 bits per heavy atom. The third-order valence-electron chi connectivity index (χ3n) is 2.42. The number of sulfonamides is 1. The van der Waals surface area contributed by atoms with Crippen molar-refractivity contribution in [2.75, 3.05) is 0 Å². The van der Waals surface area contributed by atoms with Crippen LogP contribution in [0.1, 0.15) is 10.4 Å². The molecule has 0 amide bonds. The molecule has 2 aromatic rings. The number of aliphatic hydroxyl groups excluding tert-OH is 1. The molecule has 1 heterocycles. The highest BCUT2D eigenvalue weighted by Crippen LogP contribution is 2.16. The molecule has 0 atom stereocenters. The summed E-state index contributed by atoms with van der Waals surface area (Å²) in [6.45, 7) is -0.428. The zero-order chi connectivity index (χ0) is 13.9. The van der Waals surface area contributed by atoms with Crippen molar-refractivity contribution >= 4 is 21.4 Å². The Bertz CT molecular complexity index is 657. The fraction of sp³-hybridized carbons (Fsp3) is 0.182. The van der Waals surface area contributed by atoms with Crippen molar-refractivity contribution in [1.29, 1.82) is 0 Å². The van der Waals surface area contributed by atoms with Crippen molar-refractivity contribution in [2.45, 2.75) is 18.0 Å². The SMILES string of the molecule is O=S(=O)(NCc1cncs1)c1ccc(F)c(CO)c1. The van der Waals surface area contributed by atoms with Crippen LogP contribution in [0.3, 0.4) is 0 Å². The molecule has 0 spiro atoms. The van der Waals surface area contributed by atoms with E-state index in [1.165, 1.54) is 11.3 Å². The number of benzene rings is 1. The van der Waals surface area contributed by atoms with Gasteiger partial charge in [0, 0.05) is 23.2 Å². The summed E-state index contributed by atoms with van der Waals surface area (Å²) >= 11 is 1.33. The third-order valence-corrected chi connectivity index (χ3v) is 4.60. The zero-order valence-corrected chi connectivity index (χ0v) is 11.3. The Morgan fingerprint density at radius 2 is 2.21 bits per heavy atom. The molecule has 0 radical (unpaired) electrons. The van der Waals surface area contributed by atoms with Gasteiger partial charge in [-0.1, -0.05) is 0 Å². The van der Waals surface area contributed by atoms with Crippen molar-refractivity contribution < 1.29 is 17.9 Å². The number of aromatic nitrogens is 1. The number of aliphatic hydroxyl groups is 1. The van der Waals surface area contributed by atoms with Gasteiger partial charge in [0.15, 0.2) is 0 Å². The van der Waals surface area contributed by atoms with Crippen molar-refractivity contribution in [3.63, 3.8) is 0 Å². The van der Waals surface area contributed by atoms with Gasteiger partial charge in [-0.3, -0.25) is 4.98 Å². The molecule has 102 valence electrons. The lowest BCUT2D eigenvalue weighted by atomic mass is 10.2. The van der Waals surface area contributed by atoms with Crippen LogP contribution in [0.25, 0.3) is 0 Å². The van der Waals surface area contributed by atoms with E-state index in [4.69, 9.17) is 5.11 Å². The Kier molecular flexibility index (Phi) is 4.25. The molecule has 0 saturated heterocycles. The fourth-order valence-corrected chi connectivity index (χ4v) is 3.10. The maximum absolute atomic E-state index is 13.2. The van der Waals surface area contributed by atoms with Crippen LogP contribution in [0.15, 0.2) is 34.8 Å². The molecule has 0 unspecified atom stereocenters. The third kappa shape index (κ3) is 3.35. The predicted octanol–water partition coefficient (Wildman–Crippen LogP) is 1.25. The molecule has 0 fully saturated rings. The predicted molar refractivity (Wildman–Crippen MR) is 68.5 cm³/mol. The quantitative estimate of drug-likeness (QED) is 0.871. The minimum Gasteiger partial charge on any atom is -0.392 e. The molecule has 2 rings (SSSR count). The Hall–Kier alpha value is -1.35. The van der Waals surface area contributed by atoms with Crippen molar-refractivity contribution in [1.82, 2.24) is 9.71 Å². The molecule has 19 heavy (non-hydrogen) atoms. The molecule has 5 nitrogen and oxygen atoms in total.